The SMILES string of the molecule is Cc1ccc(/C=C\c2ccccc2/C=C/c2ccc(C)cc2)cc1. The number of rotatable bonds is 4. The number of aryl methyl sites for hydroxylation is 2. The Morgan fingerprint density at radius 3 is 1.21 bits per heavy atom. The third kappa shape index (κ3) is 4.33. The van der Waals surface area contributed by atoms with E-state index in [1.807, 2.05) is 0 Å². The van der Waals surface area contributed by atoms with Gasteiger partial charge in [-0.3, -0.25) is 0 Å². The molecule has 0 saturated carbocycles. The average Bonchev–Trinajstić information content (AvgIpc) is 2.61. The Labute approximate surface area is 144 Å². The van der Waals surface area contributed by atoms with E-state index < -0.39 is 0 Å². The average molecular weight is 310 g/mol. The Balaban J connectivity index is 1.82. The fraction of sp³-hybridized carbons (Fsp3) is 0.0833. The van der Waals surface area contributed by atoms with E-state index in [4.69, 9.17) is 0 Å². The van der Waals surface area contributed by atoms with Crippen molar-refractivity contribution in [1.82, 2.24) is 0 Å². The summed E-state index contributed by atoms with van der Waals surface area (Å²) in [5.74, 6) is 0. The van der Waals surface area contributed by atoms with Crippen LogP contribution >= 0.6 is 0 Å². The van der Waals surface area contributed by atoms with Gasteiger partial charge in [-0.15, -0.1) is 0 Å². The van der Waals surface area contributed by atoms with Crippen LogP contribution in [0, 0.1) is 13.8 Å². The molecule has 0 saturated heterocycles. The lowest BCUT2D eigenvalue weighted by Gasteiger charge is -2.02. The Bertz CT molecular complexity index is 773. The van der Waals surface area contributed by atoms with Crippen molar-refractivity contribution < 1.29 is 0 Å². The van der Waals surface area contributed by atoms with E-state index in [-0.39, 0.29) is 0 Å². The van der Waals surface area contributed by atoms with Crippen LogP contribution in [0.5, 0.6) is 0 Å². The molecule has 0 aromatic heterocycles. The molecule has 0 spiro atoms. The third-order valence-corrected chi connectivity index (χ3v) is 4.06. The molecule has 0 unspecified atom stereocenters. The van der Waals surface area contributed by atoms with Gasteiger partial charge in [0.1, 0.15) is 0 Å². The minimum absolute atomic E-state index is 1.22. The summed E-state index contributed by atoms with van der Waals surface area (Å²) in [5, 5.41) is 0. The van der Waals surface area contributed by atoms with Gasteiger partial charge in [-0.25, -0.2) is 0 Å². The molecule has 0 heteroatoms. The maximum atomic E-state index is 2.18. The molecule has 0 amide bonds. The van der Waals surface area contributed by atoms with Crippen LogP contribution in [0.3, 0.4) is 0 Å². The molecule has 0 N–H and O–H groups in total. The highest BCUT2D eigenvalue weighted by Gasteiger charge is 1.95. The smallest absolute Gasteiger partial charge is 0.0184 e. The lowest BCUT2D eigenvalue weighted by atomic mass is 10.0. The Morgan fingerprint density at radius 1 is 0.458 bits per heavy atom. The van der Waals surface area contributed by atoms with Gasteiger partial charge in [0.25, 0.3) is 0 Å². The molecule has 118 valence electrons. The Morgan fingerprint density at radius 2 is 0.833 bits per heavy atom. The minimum atomic E-state index is 1.22. The van der Waals surface area contributed by atoms with Crippen LogP contribution in [-0.2, 0) is 0 Å². The molecule has 0 fully saturated rings. The largest absolute Gasteiger partial charge is 0.0616 e. The van der Waals surface area contributed by atoms with Crippen molar-refractivity contribution >= 4 is 24.3 Å². The molecule has 0 aliphatic rings. The summed E-state index contributed by atoms with van der Waals surface area (Å²) in [7, 11) is 0. The summed E-state index contributed by atoms with van der Waals surface area (Å²) in [6.45, 7) is 4.22. The molecule has 0 radical (unpaired) electrons. The van der Waals surface area contributed by atoms with Crippen LogP contribution in [0.2, 0.25) is 0 Å². The van der Waals surface area contributed by atoms with Gasteiger partial charge in [0, 0.05) is 0 Å². The van der Waals surface area contributed by atoms with Crippen molar-refractivity contribution in [1.29, 1.82) is 0 Å². The van der Waals surface area contributed by atoms with Crippen molar-refractivity contribution in [3.63, 3.8) is 0 Å². The Hall–Kier alpha value is -2.86. The van der Waals surface area contributed by atoms with Crippen LogP contribution in [0.1, 0.15) is 33.4 Å². The minimum Gasteiger partial charge on any atom is -0.0616 e. The lowest BCUT2D eigenvalue weighted by molar-refractivity contribution is 1.46. The van der Waals surface area contributed by atoms with Gasteiger partial charge < -0.3 is 0 Å². The molecule has 0 nitrogen and oxygen atoms in total. The molecule has 24 heavy (non-hydrogen) atoms. The predicted octanol–water partition coefficient (Wildman–Crippen LogP) is 6.64. The summed E-state index contributed by atoms with van der Waals surface area (Å²) in [6.07, 6.45) is 8.69. The standard InChI is InChI=1S/C24H22/c1-19-7-11-21(12-8-19)15-17-23-5-3-4-6-24(23)18-16-22-13-9-20(2)10-14-22/h3-18H,1-2H3/b17-15-,18-16+. The number of hydrogen-bond donors (Lipinski definition) is 0. The van der Waals surface area contributed by atoms with Crippen LogP contribution < -0.4 is 0 Å². The third-order valence-electron chi connectivity index (χ3n) is 4.06. The second-order valence-electron chi connectivity index (χ2n) is 6.12. The van der Waals surface area contributed by atoms with Crippen LogP contribution in [-0.4, -0.2) is 0 Å². The van der Waals surface area contributed by atoms with E-state index in [1.54, 1.807) is 0 Å². The van der Waals surface area contributed by atoms with E-state index >= 15 is 0 Å². The molecule has 3 rings (SSSR count). The summed E-state index contributed by atoms with van der Waals surface area (Å²) < 4.78 is 0. The molecule has 0 atom stereocenters. The lowest BCUT2D eigenvalue weighted by Crippen LogP contribution is -1.80. The van der Waals surface area contributed by atoms with E-state index in [9.17, 15) is 0 Å². The monoisotopic (exact) mass is 310 g/mol. The number of hydrogen-bond acceptors (Lipinski definition) is 0. The fourth-order valence-electron chi connectivity index (χ4n) is 2.54. The summed E-state index contributed by atoms with van der Waals surface area (Å²) in [6, 6.07) is 25.6. The second-order valence-corrected chi connectivity index (χ2v) is 6.12. The fourth-order valence-corrected chi connectivity index (χ4v) is 2.54. The molecule has 3 aromatic carbocycles. The van der Waals surface area contributed by atoms with Gasteiger partial charge in [0.15, 0.2) is 0 Å². The maximum Gasteiger partial charge on any atom is -0.0184 e. The highest BCUT2D eigenvalue weighted by molar-refractivity contribution is 5.79. The molecule has 0 aliphatic heterocycles. The first kappa shape index (κ1) is 16.0. The van der Waals surface area contributed by atoms with Crippen molar-refractivity contribution in [3.8, 4) is 0 Å². The van der Waals surface area contributed by atoms with Crippen LogP contribution in [0.25, 0.3) is 24.3 Å². The van der Waals surface area contributed by atoms with Gasteiger partial charge >= 0.3 is 0 Å². The molecule has 0 heterocycles. The highest BCUT2D eigenvalue weighted by Crippen LogP contribution is 2.17. The van der Waals surface area contributed by atoms with Gasteiger partial charge in [-0.2, -0.15) is 0 Å². The molecule has 3 aromatic rings. The maximum absolute atomic E-state index is 2.18. The van der Waals surface area contributed by atoms with Crippen molar-refractivity contribution in [2.24, 2.45) is 0 Å². The summed E-state index contributed by atoms with van der Waals surface area (Å²) in [5.41, 5.74) is 7.46. The zero-order valence-corrected chi connectivity index (χ0v) is 14.2. The first-order chi connectivity index (χ1) is 11.7. The molecular formula is C24H22. The summed E-state index contributed by atoms with van der Waals surface area (Å²) in [4.78, 5) is 0. The first-order valence-corrected chi connectivity index (χ1v) is 8.29. The molecular weight excluding hydrogens is 288 g/mol. The first-order valence-electron chi connectivity index (χ1n) is 8.29. The van der Waals surface area contributed by atoms with Crippen molar-refractivity contribution in [2.75, 3.05) is 0 Å². The summed E-state index contributed by atoms with van der Waals surface area (Å²) >= 11 is 0. The van der Waals surface area contributed by atoms with Gasteiger partial charge in [-0.05, 0) is 36.1 Å². The van der Waals surface area contributed by atoms with Gasteiger partial charge in [0.2, 0.25) is 0 Å². The molecule has 0 bridgehead atoms. The van der Waals surface area contributed by atoms with E-state index in [1.165, 1.54) is 33.4 Å². The van der Waals surface area contributed by atoms with E-state index in [0.29, 0.717) is 0 Å². The van der Waals surface area contributed by atoms with Crippen molar-refractivity contribution in [3.05, 3.63) is 106 Å². The van der Waals surface area contributed by atoms with Gasteiger partial charge in [0.05, 0.1) is 0 Å². The van der Waals surface area contributed by atoms with Gasteiger partial charge in [-0.1, -0.05) is 108 Å². The van der Waals surface area contributed by atoms with Crippen LogP contribution in [0.4, 0.5) is 0 Å². The normalized spacial score (nSPS) is 11.4. The topological polar surface area (TPSA) is 0 Å². The molecule has 0 aliphatic carbocycles. The number of benzene rings is 3. The van der Waals surface area contributed by atoms with E-state index in [2.05, 4.69) is 111 Å². The zero-order valence-electron chi connectivity index (χ0n) is 14.2. The highest BCUT2D eigenvalue weighted by atomic mass is 14.0. The zero-order chi connectivity index (χ0) is 16.8. The quantitative estimate of drug-likeness (QED) is 0.473. The van der Waals surface area contributed by atoms with Crippen LogP contribution in [0.15, 0.2) is 72.8 Å². The van der Waals surface area contributed by atoms with E-state index in [0.717, 1.165) is 0 Å². The van der Waals surface area contributed by atoms with Crippen molar-refractivity contribution in [2.45, 2.75) is 13.8 Å². The second kappa shape index (κ2) is 7.61. The predicted molar refractivity (Wildman–Crippen MR) is 107 cm³/mol. The Kier molecular flexibility index (Phi) is 5.08.